The van der Waals surface area contributed by atoms with E-state index in [0.717, 1.165) is 11.1 Å². The Hall–Kier alpha value is -3.93. The highest BCUT2D eigenvalue weighted by Gasteiger charge is 2.16. The third kappa shape index (κ3) is 3.41. The third-order valence-corrected chi connectivity index (χ3v) is 3.98. The zero-order valence-corrected chi connectivity index (χ0v) is 14.1. The van der Waals surface area contributed by atoms with Crippen LogP contribution in [0.2, 0.25) is 0 Å². The predicted molar refractivity (Wildman–Crippen MR) is 101 cm³/mol. The number of hydrogen-bond donors (Lipinski definition) is 1. The molecule has 0 amide bonds. The normalized spacial score (nSPS) is 10.5. The van der Waals surface area contributed by atoms with Gasteiger partial charge in [-0.1, -0.05) is 66.7 Å². The fourth-order valence-corrected chi connectivity index (χ4v) is 2.70. The molecule has 0 fully saturated rings. The van der Waals surface area contributed by atoms with Gasteiger partial charge in [-0.25, -0.2) is 14.8 Å². The summed E-state index contributed by atoms with van der Waals surface area (Å²) in [6, 6.07) is 24.1. The number of benzene rings is 2. The van der Waals surface area contributed by atoms with Crippen LogP contribution in [0.3, 0.4) is 0 Å². The van der Waals surface area contributed by atoms with Crippen molar-refractivity contribution in [2.24, 2.45) is 0 Å². The number of carboxylic acids is 1. The number of aromatic carboxylic acids is 1. The van der Waals surface area contributed by atoms with Gasteiger partial charge in [0.25, 0.3) is 0 Å². The second-order valence-corrected chi connectivity index (χ2v) is 5.78. The first kappa shape index (κ1) is 16.5. The van der Waals surface area contributed by atoms with E-state index in [0.29, 0.717) is 17.1 Å². The predicted octanol–water partition coefficient (Wildman–Crippen LogP) is 3.97. The van der Waals surface area contributed by atoms with Crippen molar-refractivity contribution in [3.8, 4) is 34.0 Å². The lowest BCUT2D eigenvalue weighted by Gasteiger charge is -2.09. The molecular formula is C21H14N4O2. The molecule has 4 rings (SSSR count). The summed E-state index contributed by atoms with van der Waals surface area (Å²) in [4.78, 5) is 20.0. The molecule has 0 radical (unpaired) electrons. The third-order valence-electron chi connectivity index (χ3n) is 3.98. The summed E-state index contributed by atoms with van der Waals surface area (Å²) in [6.45, 7) is 0. The van der Waals surface area contributed by atoms with Gasteiger partial charge in [-0.05, 0) is 12.1 Å². The number of rotatable bonds is 4. The van der Waals surface area contributed by atoms with E-state index in [9.17, 15) is 4.79 Å². The Bertz CT molecular complexity index is 1100. The largest absolute Gasteiger partial charge is 0.477 e. The van der Waals surface area contributed by atoms with Gasteiger partial charge in [0, 0.05) is 11.1 Å². The molecule has 2 aromatic carbocycles. The van der Waals surface area contributed by atoms with Crippen LogP contribution in [0.1, 0.15) is 10.5 Å². The number of nitrogens with zero attached hydrogens (tertiary/aromatic N) is 4. The van der Waals surface area contributed by atoms with Crippen molar-refractivity contribution >= 4 is 5.97 Å². The Kier molecular flexibility index (Phi) is 4.37. The fraction of sp³-hybridized carbons (Fsp3) is 0. The van der Waals surface area contributed by atoms with Crippen LogP contribution >= 0.6 is 0 Å². The molecular weight excluding hydrogens is 340 g/mol. The van der Waals surface area contributed by atoms with Crippen molar-refractivity contribution < 1.29 is 9.90 Å². The van der Waals surface area contributed by atoms with Crippen molar-refractivity contribution in [3.63, 3.8) is 0 Å². The van der Waals surface area contributed by atoms with Crippen LogP contribution in [0.15, 0.2) is 78.9 Å². The number of carbonyl (C=O) groups is 1. The first-order valence-corrected chi connectivity index (χ1v) is 8.28. The first-order chi connectivity index (χ1) is 13.2. The summed E-state index contributed by atoms with van der Waals surface area (Å²) < 4.78 is 0. The summed E-state index contributed by atoms with van der Waals surface area (Å²) in [5.41, 5.74) is 3.40. The quantitative estimate of drug-likeness (QED) is 0.596. The molecule has 0 unspecified atom stereocenters. The van der Waals surface area contributed by atoms with E-state index in [1.54, 1.807) is 12.1 Å². The molecule has 6 heteroatoms. The van der Waals surface area contributed by atoms with Gasteiger partial charge < -0.3 is 5.11 Å². The Morgan fingerprint density at radius 2 is 1.30 bits per heavy atom. The second kappa shape index (κ2) is 7.13. The Morgan fingerprint density at radius 3 is 1.93 bits per heavy atom. The SMILES string of the molecule is O=C(O)c1cccc(-c2nnc(-c3ccccc3)c(-c3ccccc3)n2)n1. The maximum absolute atomic E-state index is 11.2. The highest BCUT2D eigenvalue weighted by Crippen LogP contribution is 2.29. The molecule has 2 heterocycles. The molecule has 0 spiro atoms. The zero-order chi connectivity index (χ0) is 18.6. The second-order valence-electron chi connectivity index (χ2n) is 5.78. The summed E-state index contributed by atoms with van der Waals surface area (Å²) >= 11 is 0. The minimum Gasteiger partial charge on any atom is -0.477 e. The van der Waals surface area contributed by atoms with E-state index in [2.05, 4.69) is 20.2 Å². The van der Waals surface area contributed by atoms with Crippen LogP contribution in [0, 0.1) is 0 Å². The van der Waals surface area contributed by atoms with Crippen LogP contribution < -0.4 is 0 Å². The molecule has 0 saturated carbocycles. The molecule has 27 heavy (non-hydrogen) atoms. The van der Waals surface area contributed by atoms with Crippen molar-refractivity contribution in [2.45, 2.75) is 0 Å². The van der Waals surface area contributed by atoms with E-state index >= 15 is 0 Å². The molecule has 0 saturated heterocycles. The molecule has 2 aromatic heterocycles. The Balaban J connectivity index is 1.89. The van der Waals surface area contributed by atoms with E-state index in [-0.39, 0.29) is 11.5 Å². The molecule has 0 aliphatic rings. The highest BCUT2D eigenvalue weighted by molar-refractivity contribution is 5.86. The van der Waals surface area contributed by atoms with E-state index in [1.165, 1.54) is 6.07 Å². The van der Waals surface area contributed by atoms with Crippen molar-refractivity contribution in [3.05, 3.63) is 84.6 Å². The summed E-state index contributed by atoms with van der Waals surface area (Å²) in [5.74, 6) is -0.828. The zero-order valence-electron chi connectivity index (χ0n) is 14.1. The molecule has 0 aliphatic heterocycles. The van der Waals surface area contributed by atoms with E-state index < -0.39 is 5.97 Å². The van der Waals surface area contributed by atoms with Gasteiger partial charge in [0.2, 0.25) is 5.82 Å². The molecule has 0 atom stereocenters. The van der Waals surface area contributed by atoms with Crippen molar-refractivity contribution in [2.75, 3.05) is 0 Å². The van der Waals surface area contributed by atoms with Crippen LogP contribution in [-0.4, -0.2) is 31.2 Å². The maximum atomic E-state index is 11.2. The van der Waals surface area contributed by atoms with Crippen LogP contribution in [-0.2, 0) is 0 Å². The number of aromatic nitrogens is 4. The van der Waals surface area contributed by atoms with Gasteiger partial charge in [0.1, 0.15) is 22.8 Å². The average Bonchev–Trinajstić information content (AvgIpc) is 2.74. The molecule has 1 N–H and O–H groups in total. The van der Waals surface area contributed by atoms with Crippen LogP contribution in [0.4, 0.5) is 0 Å². The van der Waals surface area contributed by atoms with Crippen molar-refractivity contribution in [1.29, 1.82) is 0 Å². The lowest BCUT2D eigenvalue weighted by Crippen LogP contribution is -2.04. The number of carboxylic acid groups (broad SMARTS) is 1. The Labute approximate surface area is 155 Å². The molecule has 4 aromatic rings. The summed E-state index contributed by atoms with van der Waals surface area (Å²) in [6.07, 6.45) is 0. The van der Waals surface area contributed by atoms with Crippen molar-refractivity contribution in [1.82, 2.24) is 20.2 Å². The topological polar surface area (TPSA) is 88.9 Å². The molecule has 6 nitrogen and oxygen atoms in total. The lowest BCUT2D eigenvalue weighted by atomic mass is 10.0. The lowest BCUT2D eigenvalue weighted by molar-refractivity contribution is 0.0690. The van der Waals surface area contributed by atoms with Gasteiger partial charge in [0.15, 0.2) is 0 Å². The van der Waals surface area contributed by atoms with E-state index in [1.807, 2.05) is 60.7 Å². The minimum absolute atomic E-state index is 0.0653. The molecule has 130 valence electrons. The molecule has 0 aliphatic carbocycles. The summed E-state index contributed by atoms with van der Waals surface area (Å²) in [5, 5.41) is 17.7. The fourth-order valence-electron chi connectivity index (χ4n) is 2.70. The Morgan fingerprint density at radius 1 is 0.667 bits per heavy atom. The smallest absolute Gasteiger partial charge is 0.354 e. The number of pyridine rings is 1. The van der Waals surface area contributed by atoms with Crippen LogP contribution in [0.5, 0.6) is 0 Å². The maximum Gasteiger partial charge on any atom is 0.354 e. The van der Waals surface area contributed by atoms with Gasteiger partial charge in [-0.2, -0.15) is 0 Å². The highest BCUT2D eigenvalue weighted by atomic mass is 16.4. The van der Waals surface area contributed by atoms with Gasteiger partial charge in [0.05, 0.1) is 0 Å². The van der Waals surface area contributed by atoms with E-state index in [4.69, 9.17) is 5.11 Å². The molecule has 0 bridgehead atoms. The first-order valence-electron chi connectivity index (χ1n) is 8.28. The van der Waals surface area contributed by atoms with Gasteiger partial charge in [-0.3, -0.25) is 0 Å². The standard InChI is InChI=1S/C21H14N4O2/c26-21(27)17-13-7-12-16(22-17)20-23-18(14-8-3-1-4-9-14)19(24-25-20)15-10-5-2-6-11-15/h1-13H,(H,26,27). The average molecular weight is 354 g/mol. The minimum atomic E-state index is -1.10. The van der Waals surface area contributed by atoms with Crippen LogP contribution in [0.25, 0.3) is 34.0 Å². The monoisotopic (exact) mass is 354 g/mol. The summed E-state index contributed by atoms with van der Waals surface area (Å²) in [7, 11) is 0. The van der Waals surface area contributed by atoms with Gasteiger partial charge in [-0.15, -0.1) is 10.2 Å². The van der Waals surface area contributed by atoms with Gasteiger partial charge >= 0.3 is 5.97 Å². The number of hydrogen-bond acceptors (Lipinski definition) is 5.